The van der Waals surface area contributed by atoms with Gasteiger partial charge in [0.25, 0.3) is 0 Å². The molecule has 1 aromatic carbocycles. The van der Waals surface area contributed by atoms with Crippen LogP contribution in [0.4, 0.5) is 0 Å². The molecule has 17 heavy (non-hydrogen) atoms. The van der Waals surface area contributed by atoms with Gasteiger partial charge in [-0.1, -0.05) is 23.4 Å². The van der Waals surface area contributed by atoms with Gasteiger partial charge in [-0.15, -0.1) is 0 Å². The van der Waals surface area contributed by atoms with Crippen LogP contribution in [0.25, 0.3) is 0 Å². The highest BCUT2D eigenvalue weighted by molar-refractivity contribution is 5.37. The largest absolute Gasteiger partial charge is 0.482 e. The lowest BCUT2D eigenvalue weighted by atomic mass is 10.1. The van der Waals surface area contributed by atoms with E-state index < -0.39 is 0 Å². The summed E-state index contributed by atoms with van der Waals surface area (Å²) >= 11 is 0. The van der Waals surface area contributed by atoms with Crippen LogP contribution in [0.3, 0.4) is 0 Å². The minimum absolute atomic E-state index is 0.136. The van der Waals surface area contributed by atoms with Gasteiger partial charge in [-0.05, 0) is 11.6 Å². The minimum Gasteiger partial charge on any atom is -0.482 e. The predicted molar refractivity (Wildman–Crippen MR) is 60.6 cm³/mol. The summed E-state index contributed by atoms with van der Waals surface area (Å²) in [7, 11) is 0. The molecule has 2 N–H and O–H groups in total. The third kappa shape index (κ3) is 1.89. The molecule has 0 fully saturated rings. The summed E-state index contributed by atoms with van der Waals surface area (Å²) in [6.07, 6.45) is 1.26. The monoisotopic (exact) mass is 231 g/mol. The van der Waals surface area contributed by atoms with Crippen LogP contribution in [-0.2, 0) is 12.8 Å². The molecule has 0 amide bonds. The second kappa shape index (κ2) is 4.18. The lowest BCUT2D eigenvalue weighted by Crippen LogP contribution is -2.06. The van der Waals surface area contributed by atoms with Crippen LogP contribution in [0, 0.1) is 0 Å². The second-order valence-electron chi connectivity index (χ2n) is 4.00. The number of nitrogens with two attached hydrogens (primary N) is 1. The standard InChI is InChI=1S/C12H13N3O2/c13-6-5-11-14-12(15-17-11)10-7-8-3-1-2-4-9(8)16-10/h1-4,10H,5-7,13H2. The fourth-order valence-corrected chi connectivity index (χ4v) is 1.95. The van der Waals surface area contributed by atoms with Crippen molar-refractivity contribution in [1.29, 1.82) is 0 Å². The molecular weight excluding hydrogens is 218 g/mol. The molecule has 88 valence electrons. The van der Waals surface area contributed by atoms with Crippen LogP contribution in [0.5, 0.6) is 5.75 Å². The highest BCUT2D eigenvalue weighted by atomic mass is 16.5. The zero-order valence-corrected chi connectivity index (χ0v) is 9.30. The van der Waals surface area contributed by atoms with E-state index in [1.54, 1.807) is 0 Å². The Hall–Kier alpha value is -1.88. The molecule has 0 saturated heterocycles. The Morgan fingerprint density at radius 1 is 1.35 bits per heavy atom. The van der Waals surface area contributed by atoms with E-state index in [0.29, 0.717) is 24.7 Å². The Kier molecular flexibility index (Phi) is 2.53. The SMILES string of the molecule is NCCc1nc(C2Cc3ccccc3O2)no1. The number of hydrogen-bond acceptors (Lipinski definition) is 5. The number of rotatable bonds is 3. The average Bonchev–Trinajstić information content (AvgIpc) is 2.94. The topological polar surface area (TPSA) is 74.2 Å². The van der Waals surface area contributed by atoms with E-state index in [1.165, 1.54) is 5.56 Å². The van der Waals surface area contributed by atoms with Crippen molar-refractivity contribution in [3.05, 3.63) is 41.5 Å². The van der Waals surface area contributed by atoms with E-state index in [-0.39, 0.29) is 6.10 Å². The molecule has 0 bridgehead atoms. The van der Waals surface area contributed by atoms with E-state index in [0.717, 1.165) is 12.2 Å². The quantitative estimate of drug-likeness (QED) is 0.860. The van der Waals surface area contributed by atoms with Crippen molar-refractivity contribution in [2.45, 2.75) is 18.9 Å². The number of fused-ring (bicyclic) bond motifs is 1. The summed E-state index contributed by atoms with van der Waals surface area (Å²) in [5.41, 5.74) is 6.62. The first-order chi connectivity index (χ1) is 8.36. The van der Waals surface area contributed by atoms with Crippen molar-refractivity contribution in [3.63, 3.8) is 0 Å². The molecule has 2 heterocycles. The van der Waals surface area contributed by atoms with Crippen LogP contribution in [0.15, 0.2) is 28.8 Å². The zero-order valence-electron chi connectivity index (χ0n) is 9.30. The number of hydrogen-bond donors (Lipinski definition) is 1. The average molecular weight is 231 g/mol. The van der Waals surface area contributed by atoms with Gasteiger partial charge in [0.2, 0.25) is 11.7 Å². The van der Waals surface area contributed by atoms with Crippen molar-refractivity contribution in [2.75, 3.05) is 6.54 Å². The second-order valence-corrected chi connectivity index (χ2v) is 4.00. The molecule has 0 spiro atoms. The molecule has 5 nitrogen and oxygen atoms in total. The van der Waals surface area contributed by atoms with Crippen molar-refractivity contribution < 1.29 is 9.26 Å². The fourth-order valence-electron chi connectivity index (χ4n) is 1.95. The lowest BCUT2D eigenvalue weighted by Gasteiger charge is -2.04. The Bertz CT molecular complexity index is 499. The van der Waals surface area contributed by atoms with Crippen LogP contribution in [0.1, 0.15) is 23.4 Å². The highest BCUT2D eigenvalue weighted by Gasteiger charge is 2.27. The maximum Gasteiger partial charge on any atom is 0.228 e. The van der Waals surface area contributed by atoms with Gasteiger partial charge in [-0.2, -0.15) is 4.98 Å². The molecule has 0 aliphatic carbocycles. The summed E-state index contributed by atoms with van der Waals surface area (Å²) in [4.78, 5) is 4.28. The number of ether oxygens (including phenoxy) is 1. The van der Waals surface area contributed by atoms with Crippen molar-refractivity contribution >= 4 is 0 Å². The third-order valence-corrected chi connectivity index (χ3v) is 2.78. The van der Waals surface area contributed by atoms with Gasteiger partial charge in [-0.3, -0.25) is 0 Å². The molecule has 2 aromatic rings. The molecule has 0 saturated carbocycles. The van der Waals surface area contributed by atoms with Crippen molar-refractivity contribution in [2.24, 2.45) is 5.73 Å². The Morgan fingerprint density at radius 2 is 2.24 bits per heavy atom. The smallest absolute Gasteiger partial charge is 0.228 e. The molecule has 5 heteroatoms. The molecule has 1 unspecified atom stereocenters. The van der Waals surface area contributed by atoms with Gasteiger partial charge in [-0.25, -0.2) is 0 Å². The normalized spacial score (nSPS) is 17.8. The summed E-state index contributed by atoms with van der Waals surface area (Å²) in [6, 6.07) is 7.96. The van der Waals surface area contributed by atoms with Gasteiger partial charge in [0, 0.05) is 19.4 Å². The van der Waals surface area contributed by atoms with Gasteiger partial charge < -0.3 is 15.0 Å². The number of benzene rings is 1. The number of nitrogens with zero attached hydrogens (tertiary/aromatic N) is 2. The minimum atomic E-state index is -0.136. The van der Waals surface area contributed by atoms with E-state index in [9.17, 15) is 0 Å². The molecule has 1 aliphatic heterocycles. The van der Waals surface area contributed by atoms with Crippen LogP contribution in [-0.4, -0.2) is 16.7 Å². The number of aromatic nitrogens is 2. The van der Waals surface area contributed by atoms with Crippen LogP contribution in [0.2, 0.25) is 0 Å². The number of para-hydroxylation sites is 1. The molecular formula is C12H13N3O2. The lowest BCUT2D eigenvalue weighted by molar-refractivity contribution is 0.221. The molecule has 3 rings (SSSR count). The van der Waals surface area contributed by atoms with Crippen molar-refractivity contribution in [1.82, 2.24) is 10.1 Å². The van der Waals surface area contributed by atoms with Crippen LogP contribution >= 0.6 is 0 Å². The Balaban J connectivity index is 1.79. The Labute approximate surface area is 98.6 Å². The van der Waals surface area contributed by atoms with E-state index >= 15 is 0 Å². The highest BCUT2D eigenvalue weighted by Crippen LogP contribution is 2.35. The zero-order chi connectivity index (χ0) is 11.7. The van der Waals surface area contributed by atoms with Gasteiger partial charge in [0.1, 0.15) is 5.75 Å². The molecule has 1 aromatic heterocycles. The van der Waals surface area contributed by atoms with Gasteiger partial charge >= 0.3 is 0 Å². The first-order valence-corrected chi connectivity index (χ1v) is 5.64. The summed E-state index contributed by atoms with van der Waals surface area (Å²) in [5.74, 6) is 2.08. The molecule has 0 radical (unpaired) electrons. The van der Waals surface area contributed by atoms with E-state index in [2.05, 4.69) is 16.2 Å². The summed E-state index contributed by atoms with van der Waals surface area (Å²) < 4.78 is 10.9. The first kappa shape index (κ1) is 10.3. The summed E-state index contributed by atoms with van der Waals surface area (Å²) in [5, 5.41) is 3.93. The van der Waals surface area contributed by atoms with Gasteiger partial charge in [0.05, 0.1) is 0 Å². The molecule has 1 aliphatic rings. The molecule has 1 atom stereocenters. The maximum absolute atomic E-state index is 5.77. The third-order valence-electron chi connectivity index (χ3n) is 2.78. The van der Waals surface area contributed by atoms with Gasteiger partial charge in [0.15, 0.2) is 6.10 Å². The maximum atomic E-state index is 5.77. The van der Waals surface area contributed by atoms with Crippen LogP contribution < -0.4 is 10.5 Å². The predicted octanol–water partition coefficient (Wildman–Crippen LogP) is 1.25. The first-order valence-electron chi connectivity index (χ1n) is 5.64. The van der Waals surface area contributed by atoms with Crippen molar-refractivity contribution in [3.8, 4) is 5.75 Å². The summed E-state index contributed by atoms with van der Waals surface area (Å²) in [6.45, 7) is 0.507. The van der Waals surface area contributed by atoms with E-state index in [4.69, 9.17) is 15.0 Å². The fraction of sp³-hybridized carbons (Fsp3) is 0.333. The van der Waals surface area contributed by atoms with E-state index in [1.807, 2.05) is 18.2 Å². The Morgan fingerprint density at radius 3 is 3.06 bits per heavy atom.